The van der Waals surface area contributed by atoms with Gasteiger partial charge in [0.1, 0.15) is 0 Å². The second kappa shape index (κ2) is 7.95. The summed E-state index contributed by atoms with van der Waals surface area (Å²) in [6, 6.07) is 11.2. The van der Waals surface area contributed by atoms with E-state index in [0.29, 0.717) is 17.6 Å². The summed E-state index contributed by atoms with van der Waals surface area (Å²) in [5, 5.41) is 3.69. The van der Waals surface area contributed by atoms with Gasteiger partial charge >= 0.3 is 0 Å². The largest absolute Gasteiger partial charge is 0.377 e. The van der Waals surface area contributed by atoms with Crippen molar-refractivity contribution < 1.29 is 4.74 Å². The molecular weight excluding hydrogens is 258 g/mol. The number of ether oxygens (including phenoxy) is 1. The number of hydrogen-bond acceptors (Lipinski definition) is 2. The van der Waals surface area contributed by atoms with Gasteiger partial charge in [-0.25, -0.2) is 0 Å². The maximum Gasteiger partial charge on any atom is 0.0594 e. The summed E-state index contributed by atoms with van der Waals surface area (Å²) in [7, 11) is 0. The fourth-order valence-corrected chi connectivity index (χ4v) is 3.12. The second-order valence-electron chi connectivity index (χ2n) is 7.46. The van der Waals surface area contributed by atoms with E-state index in [1.165, 1.54) is 31.2 Å². The van der Waals surface area contributed by atoms with Crippen molar-refractivity contribution in [2.45, 2.75) is 65.0 Å². The summed E-state index contributed by atoms with van der Waals surface area (Å²) in [5.41, 5.74) is 1.70. The Morgan fingerprint density at radius 1 is 1.14 bits per heavy atom. The Hall–Kier alpha value is -0.860. The third kappa shape index (κ3) is 6.19. The average Bonchev–Trinajstić information content (AvgIpc) is 2.95. The Morgan fingerprint density at radius 2 is 1.81 bits per heavy atom. The van der Waals surface area contributed by atoms with E-state index in [1.54, 1.807) is 0 Å². The lowest BCUT2D eigenvalue weighted by molar-refractivity contribution is 0.0583. The number of rotatable bonds is 7. The highest BCUT2D eigenvalue weighted by Crippen LogP contribution is 2.29. The summed E-state index contributed by atoms with van der Waals surface area (Å²) in [6.45, 7) is 8.68. The van der Waals surface area contributed by atoms with Gasteiger partial charge in [-0.1, -0.05) is 63.9 Å². The highest BCUT2D eigenvalue weighted by atomic mass is 16.5. The minimum Gasteiger partial charge on any atom is -0.377 e. The molecular formula is C19H31NO. The summed E-state index contributed by atoms with van der Waals surface area (Å²) in [4.78, 5) is 0. The molecule has 0 amide bonds. The predicted octanol–water partition coefficient (Wildman–Crippen LogP) is 4.71. The lowest BCUT2D eigenvalue weighted by atomic mass is 9.85. The molecule has 1 unspecified atom stereocenters. The zero-order valence-corrected chi connectivity index (χ0v) is 13.9. The SMILES string of the molecule is CC(C)(C)CC(NCCOC1CCCC1)c1ccccc1. The standard InChI is InChI=1S/C19H31NO/c1-19(2,3)15-18(16-9-5-4-6-10-16)20-13-14-21-17-11-7-8-12-17/h4-6,9-10,17-18,20H,7-8,11-15H2,1-3H3. The third-order valence-electron chi connectivity index (χ3n) is 4.17. The van der Waals surface area contributed by atoms with Crippen molar-refractivity contribution in [3.05, 3.63) is 35.9 Å². The average molecular weight is 289 g/mol. The van der Waals surface area contributed by atoms with Crippen LogP contribution in [-0.4, -0.2) is 19.3 Å². The topological polar surface area (TPSA) is 21.3 Å². The third-order valence-corrected chi connectivity index (χ3v) is 4.17. The molecule has 1 aromatic carbocycles. The zero-order chi connectivity index (χ0) is 15.1. The van der Waals surface area contributed by atoms with Gasteiger partial charge in [0.2, 0.25) is 0 Å². The first-order chi connectivity index (χ1) is 10.0. The minimum absolute atomic E-state index is 0.319. The zero-order valence-electron chi connectivity index (χ0n) is 13.9. The quantitative estimate of drug-likeness (QED) is 0.734. The summed E-state index contributed by atoms with van der Waals surface area (Å²) < 4.78 is 5.96. The number of hydrogen-bond donors (Lipinski definition) is 1. The van der Waals surface area contributed by atoms with Crippen molar-refractivity contribution >= 4 is 0 Å². The van der Waals surface area contributed by atoms with Crippen LogP contribution >= 0.6 is 0 Å². The summed E-state index contributed by atoms with van der Waals surface area (Å²) >= 11 is 0. The molecule has 1 aliphatic rings. The molecule has 2 heteroatoms. The van der Waals surface area contributed by atoms with Crippen LogP contribution in [0.3, 0.4) is 0 Å². The highest BCUT2D eigenvalue weighted by molar-refractivity contribution is 5.19. The monoisotopic (exact) mass is 289 g/mol. The van der Waals surface area contributed by atoms with Gasteiger partial charge < -0.3 is 10.1 Å². The van der Waals surface area contributed by atoms with Crippen molar-refractivity contribution in [1.29, 1.82) is 0 Å². The van der Waals surface area contributed by atoms with E-state index >= 15 is 0 Å². The van der Waals surface area contributed by atoms with Crippen LogP contribution in [0.5, 0.6) is 0 Å². The van der Waals surface area contributed by atoms with E-state index in [4.69, 9.17) is 4.74 Å². The molecule has 0 heterocycles. The molecule has 0 radical (unpaired) electrons. The van der Waals surface area contributed by atoms with Gasteiger partial charge in [-0.2, -0.15) is 0 Å². The molecule has 0 saturated heterocycles. The lowest BCUT2D eigenvalue weighted by Crippen LogP contribution is -2.29. The van der Waals surface area contributed by atoms with Gasteiger partial charge in [0.25, 0.3) is 0 Å². The van der Waals surface area contributed by atoms with E-state index in [9.17, 15) is 0 Å². The molecule has 0 aromatic heterocycles. The van der Waals surface area contributed by atoms with Crippen molar-refractivity contribution in [2.75, 3.05) is 13.2 Å². The van der Waals surface area contributed by atoms with Crippen LogP contribution in [0.25, 0.3) is 0 Å². The molecule has 0 spiro atoms. The molecule has 118 valence electrons. The van der Waals surface area contributed by atoms with Crippen molar-refractivity contribution in [2.24, 2.45) is 5.41 Å². The Balaban J connectivity index is 1.81. The Kier molecular flexibility index (Phi) is 6.25. The molecule has 1 fully saturated rings. The van der Waals surface area contributed by atoms with Crippen molar-refractivity contribution in [1.82, 2.24) is 5.32 Å². The molecule has 2 rings (SSSR count). The maximum atomic E-state index is 5.96. The molecule has 1 N–H and O–H groups in total. The van der Waals surface area contributed by atoms with Crippen LogP contribution in [0, 0.1) is 5.41 Å². The van der Waals surface area contributed by atoms with Crippen LogP contribution in [0.4, 0.5) is 0 Å². The molecule has 1 aliphatic carbocycles. The molecule has 0 aliphatic heterocycles. The fourth-order valence-electron chi connectivity index (χ4n) is 3.12. The van der Waals surface area contributed by atoms with Crippen LogP contribution in [-0.2, 0) is 4.74 Å². The molecule has 0 bridgehead atoms. The van der Waals surface area contributed by atoms with Crippen LogP contribution in [0.15, 0.2) is 30.3 Å². The highest BCUT2D eigenvalue weighted by Gasteiger charge is 2.20. The lowest BCUT2D eigenvalue weighted by Gasteiger charge is -2.27. The molecule has 1 atom stereocenters. The first-order valence-corrected chi connectivity index (χ1v) is 8.44. The van der Waals surface area contributed by atoms with Gasteiger partial charge in [0.05, 0.1) is 12.7 Å². The fraction of sp³-hybridized carbons (Fsp3) is 0.684. The minimum atomic E-state index is 0.319. The van der Waals surface area contributed by atoms with Gasteiger partial charge in [-0.15, -0.1) is 0 Å². The number of nitrogens with one attached hydrogen (secondary N) is 1. The van der Waals surface area contributed by atoms with E-state index in [-0.39, 0.29) is 0 Å². The van der Waals surface area contributed by atoms with E-state index in [0.717, 1.165) is 19.6 Å². The van der Waals surface area contributed by atoms with Crippen molar-refractivity contribution in [3.63, 3.8) is 0 Å². The van der Waals surface area contributed by atoms with Gasteiger partial charge in [0.15, 0.2) is 0 Å². The van der Waals surface area contributed by atoms with E-state index in [1.807, 2.05) is 0 Å². The van der Waals surface area contributed by atoms with Gasteiger partial charge in [0, 0.05) is 12.6 Å². The molecule has 21 heavy (non-hydrogen) atoms. The first kappa shape index (κ1) is 16.5. The summed E-state index contributed by atoms with van der Waals surface area (Å²) in [6.07, 6.45) is 6.85. The van der Waals surface area contributed by atoms with Crippen LogP contribution in [0.1, 0.15) is 64.5 Å². The summed E-state index contributed by atoms with van der Waals surface area (Å²) in [5.74, 6) is 0. The van der Waals surface area contributed by atoms with E-state index in [2.05, 4.69) is 56.4 Å². The van der Waals surface area contributed by atoms with Crippen molar-refractivity contribution in [3.8, 4) is 0 Å². The molecule has 1 aromatic rings. The smallest absolute Gasteiger partial charge is 0.0594 e. The van der Waals surface area contributed by atoms with E-state index < -0.39 is 0 Å². The predicted molar refractivity (Wildman–Crippen MR) is 89.5 cm³/mol. The molecule has 1 saturated carbocycles. The molecule has 2 nitrogen and oxygen atoms in total. The maximum absolute atomic E-state index is 5.96. The Bertz CT molecular complexity index is 390. The first-order valence-electron chi connectivity index (χ1n) is 8.44. The normalized spacial score (nSPS) is 18.0. The Labute approximate surface area is 130 Å². The Morgan fingerprint density at radius 3 is 2.43 bits per heavy atom. The van der Waals surface area contributed by atoms with Gasteiger partial charge in [-0.3, -0.25) is 0 Å². The van der Waals surface area contributed by atoms with Crippen LogP contribution in [0.2, 0.25) is 0 Å². The second-order valence-corrected chi connectivity index (χ2v) is 7.46. The number of benzene rings is 1. The van der Waals surface area contributed by atoms with Gasteiger partial charge in [-0.05, 0) is 30.2 Å². The van der Waals surface area contributed by atoms with Crippen LogP contribution < -0.4 is 5.32 Å².